The molecule has 2 rings (SSSR count). The molecular weight excluding hydrogens is 232 g/mol. The first-order valence-electron chi connectivity index (χ1n) is 6.16. The number of hydrogen-bond acceptors (Lipinski definition) is 2. The van der Waals surface area contributed by atoms with E-state index in [1.807, 2.05) is 20.8 Å². The first-order valence-corrected chi connectivity index (χ1v) is 6.16. The highest BCUT2D eigenvalue weighted by atomic mass is 19.1. The van der Waals surface area contributed by atoms with Crippen LogP contribution in [0.25, 0.3) is 0 Å². The molecule has 1 unspecified atom stereocenters. The van der Waals surface area contributed by atoms with Gasteiger partial charge < -0.3 is 10.1 Å². The first-order chi connectivity index (χ1) is 8.67. The van der Waals surface area contributed by atoms with Gasteiger partial charge in [0.2, 0.25) is 0 Å². The Morgan fingerprint density at radius 2 is 2.17 bits per heavy atom. The van der Waals surface area contributed by atoms with Crippen LogP contribution in [0.15, 0.2) is 12.1 Å². The van der Waals surface area contributed by atoms with E-state index in [4.69, 9.17) is 12.6 Å². The van der Waals surface area contributed by atoms with Crippen LogP contribution in [0.3, 0.4) is 0 Å². The van der Waals surface area contributed by atoms with Gasteiger partial charge in [0, 0.05) is 1.43 Å². The SMILES string of the molecule is CC.[B]Cc1ccc2c(c1F)NC(=O)C(CC)O2.[HH]. The first kappa shape index (κ1) is 14.5. The average Bonchev–Trinajstić information content (AvgIpc) is 2.41. The minimum atomic E-state index is -0.546. The van der Waals surface area contributed by atoms with E-state index in [9.17, 15) is 9.18 Å². The molecular formula is C13H19BFNO2. The van der Waals surface area contributed by atoms with Gasteiger partial charge in [-0.25, -0.2) is 4.39 Å². The van der Waals surface area contributed by atoms with Gasteiger partial charge in [-0.1, -0.05) is 33.2 Å². The smallest absolute Gasteiger partial charge is 0.265 e. The molecule has 1 amide bonds. The molecule has 18 heavy (non-hydrogen) atoms. The largest absolute Gasteiger partial charge is 0.478 e. The van der Waals surface area contributed by atoms with E-state index in [0.717, 1.165) is 0 Å². The molecule has 0 aromatic heterocycles. The van der Waals surface area contributed by atoms with Crippen LogP contribution in [0.4, 0.5) is 10.1 Å². The molecule has 5 heteroatoms. The van der Waals surface area contributed by atoms with Crippen molar-refractivity contribution in [3.05, 3.63) is 23.5 Å². The lowest BCUT2D eigenvalue weighted by atomic mass is 9.95. The predicted molar refractivity (Wildman–Crippen MR) is 72.7 cm³/mol. The fourth-order valence-corrected chi connectivity index (χ4v) is 1.65. The number of carbonyl (C=O) groups excluding carboxylic acids is 1. The van der Waals surface area contributed by atoms with Crippen molar-refractivity contribution < 1.29 is 15.3 Å². The zero-order chi connectivity index (χ0) is 13.7. The Kier molecular flexibility index (Phi) is 5.19. The second kappa shape index (κ2) is 6.43. The van der Waals surface area contributed by atoms with Crippen LogP contribution in [0.1, 0.15) is 34.2 Å². The van der Waals surface area contributed by atoms with Gasteiger partial charge in [-0.2, -0.15) is 0 Å². The summed E-state index contributed by atoms with van der Waals surface area (Å²) in [6.45, 7) is 5.83. The van der Waals surface area contributed by atoms with Gasteiger partial charge >= 0.3 is 0 Å². The molecule has 0 bridgehead atoms. The minimum Gasteiger partial charge on any atom is -0.478 e. The highest BCUT2D eigenvalue weighted by molar-refractivity contribution is 6.08. The van der Waals surface area contributed by atoms with Crippen LogP contribution in [0.2, 0.25) is 0 Å². The summed E-state index contributed by atoms with van der Waals surface area (Å²) >= 11 is 0. The van der Waals surface area contributed by atoms with Crippen molar-refractivity contribution in [3.8, 4) is 5.75 Å². The summed E-state index contributed by atoms with van der Waals surface area (Å²) < 4.78 is 19.2. The molecule has 0 saturated heterocycles. The summed E-state index contributed by atoms with van der Waals surface area (Å²) in [6, 6.07) is 3.20. The highest BCUT2D eigenvalue weighted by Crippen LogP contribution is 2.34. The fourth-order valence-electron chi connectivity index (χ4n) is 1.65. The van der Waals surface area contributed by atoms with E-state index in [-0.39, 0.29) is 19.3 Å². The van der Waals surface area contributed by atoms with E-state index < -0.39 is 11.9 Å². The van der Waals surface area contributed by atoms with E-state index in [0.29, 0.717) is 17.7 Å². The predicted octanol–water partition coefficient (Wildman–Crippen LogP) is 2.88. The molecule has 1 aliphatic heterocycles. The third kappa shape index (κ3) is 2.66. The van der Waals surface area contributed by atoms with Crippen molar-refractivity contribution >= 4 is 19.4 Å². The summed E-state index contributed by atoms with van der Waals surface area (Å²) in [5.41, 5.74) is 0.454. The summed E-state index contributed by atoms with van der Waals surface area (Å²) in [5, 5.41) is 2.51. The highest BCUT2D eigenvalue weighted by Gasteiger charge is 2.28. The Labute approximate surface area is 110 Å². The number of rotatable bonds is 2. The maximum Gasteiger partial charge on any atom is 0.265 e. The minimum absolute atomic E-state index is 0. The molecule has 1 aromatic carbocycles. The number of carbonyl (C=O) groups is 1. The van der Waals surface area contributed by atoms with Crippen molar-refractivity contribution in [1.29, 1.82) is 0 Å². The van der Waals surface area contributed by atoms with Crippen LogP contribution in [-0.2, 0) is 11.1 Å². The van der Waals surface area contributed by atoms with Crippen LogP contribution in [-0.4, -0.2) is 19.9 Å². The zero-order valence-electron chi connectivity index (χ0n) is 10.9. The summed E-state index contributed by atoms with van der Waals surface area (Å²) in [5.74, 6) is -0.466. The van der Waals surface area contributed by atoms with E-state index in [2.05, 4.69) is 5.32 Å². The lowest BCUT2D eigenvalue weighted by Gasteiger charge is -2.25. The zero-order valence-corrected chi connectivity index (χ0v) is 10.9. The second-order valence-electron chi connectivity index (χ2n) is 3.62. The molecule has 1 N–H and O–H groups in total. The second-order valence-corrected chi connectivity index (χ2v) is 3.62. The molecule has 0 aliphatic carbocycles. The van der Waals surface area contributed by atoms with Crippen molar-refractivity contribution in [2.24, 2.45) is 0 Å². The number of anilines is 1. The average molecular weight is 251 g/mol. The third-order valence-corrected chi connectivity index (χ3v) is 2.58. The van der Waals surface area contributed by atoms with Gasteiger partial charge in [-0.3, -0.25) is 4.79 Å². The van der Waals surface area contributed by atoms with Crippen molar-refractivity contribution in [2.75, 3.05) is 5.32 Å². The van der Waals surface area contributed by atoms with Crippen molar-refractivity contribution in [3.63, 3.8) is 0 Å². The number of hydrogen-bond donors (Lipinski definition) is 1. The number of halogens is 1. The summed E-state index contributed by atoms with van der Waals surface area (Å²) in [4.78, 5) is 11.5. The molecule has 0 fully saturated rings. The number of amides is 1. The standard InChI is InChI=1S/C11H11BFNO2.C2H6.H2/c1-2-7-11(15)14-10-8(16-7)4-3-6(5-12)9(10)13;1-2;/h3-4,7H,2,5H2,1H3,(H,14,15);1-2H3;1H. The lowest BCUT2D eigenvalue weighted by Crippen LogP contribution is -2.36. The maximum atomic E-state index is 13.8. The van der Waals surface area contributed by atoms with Crippen LogP contribution in [0.5, 0.6) is 5.75 Å². The Morgan fingerprint density at radius 1 is 1.50 bits per heavy atom. The van der Waals surface area contributed by atoms with Gasteiger partial charge in [0.1, 0.15) is 11.4 Å². The van der Waals surface area contributed by atoms with Crippen LogP contribution < -0.4 is 10.1 Å². The van der Waals surface area contributed by atoms with Crippen molar-refractivity contribution in [2.45, 2.75) is 39.6 Å². The van der Waals surface area contributed by atoms with Crippen LogP contribution in [0, 0.1) is 5.82 Å². The molecule has 1 aliphatic rings. The Morgan fingerprint density at radius 3 is 2.72 bits per heavy atom. The van der Waals surface area contributed by atoms with E-state index >= 15 is 0 Å². The topological polar surface area (TPSA) is 38.3 Å². The number of nitrogens with one attached hydrogen (secondary N) is 1. The normalized spacial score (nSPS) is 16.9. The molecule has 1 aromatic rings. The lowest BCUT2D eigenvalue weighted by molar-refractivity contribution is -0.123. The molecule has 0 saturated carbocycles. The number of ether oxygens (including phenoxy) is 1. The number of fused-ring (bicyclic) bond motifs is 1. The fraction of sp³-hybridized carbons (Fsp3) is 0.462. The van der Waals surface area contributed by atoms with Gasteiger partial charge in [0.05, 0.1) is 7.85 Å². The van der Waals surface area contributed by atoms with E-state index in [1.54, 1.807) is 12.1 Å². The Hall–Kier alpha value is -1.52. The molecule has 98 valence electrons. The monoisotopic (exact) mass is 251 g/mol. The van der Waals surface area contributed by atoms with E-state index in [1.165, 1.54) is 0 Å². The van der Waals surface area contributed by atoms with Gasteiger partial charge in [0.25, 0.3) is 5.91 Å². The Bertz CT molecular complexity index is 443. The van der Waals surface area contributed by atoms with Crippen molar-refractivity contribution in [1.82, 2.24) is 0 Å². The maximum absolute atomic E-state index is 13.8. The van der Waals surface area contributed by atoms with Gasteiger partial charge in [-0.15, -0.1) is 0 Å². The molecule has 1 heterocycles. The van der Waals surface area contributed by atoms with Gasteiger partial charge in [-0.05, 0) is 18.1 Å². The Balaban J connectivity index is 0.00000103. The quantitative estimate of drug-likeness (QED) is 0.820. The third-order valence-electron chi connectivity index (χ3n) is 2.58. The summed E-state index contributed by atoms with van der Waals surface area (Å²) in [7, 11) is 5.38. The molecule has 3 nitrogen and oxygen atoms in total. The molecule has 2 radical (unpaired) electrons. The molecule has 0 spiro atoms. The molecule has 1 atom stereocenters. The van der Waals surface area contributed by atoms with Gasteiger partial charge in [0.15, 0.2) is 11.9 Å². The van der Waals surface area contributed by atoms with Crippen LogP contribution >= 0.6 is 0 Å². The number of benzene rings is 1. The summed E-state index contributed by atoms with van der Waals surface area (Å²) in [6.07, 6.45) is 0.0909.